The molecule has 3 aromatic rings. The number of pyridine rings is 1. The molecule has 0 N–H and O–H groups in total. The van der Waals surface area contributed by atoms with Crippen molar-refractivity contribution in [3.05, 3.63) is 52.6 Å². The van der Waals surface area contributed by atoms with Crippen LogP contribution < -0.4 is 0 Å². The Balaban J connectivity index is 2.60. The second-order valence-corrected chi connectivity index (χ2v) is 4.74. The Morgan fingerprint density at radius 2 is 1.76 bits per heavy atom. The average Bonchev–Trinajstić information content (AvgIpc) is 2.38. The van der Waals surface area contributed by atoms with Gasteiger partial charge in [-0.05, 0) is 23.6 Å². The van der Waals surface area contributed by atoms with Crippen LogP contribution in [-0.2, 0) is 0 Å². The second kappa shape index (κ2) is 3.93. The molecule has 82 valence electrons. The molecule has 1 aromatic heterocycles. The summed E-state index contributed by atoms with van der Waals surface area (Å²) in [6.07, 6.45) is 0.809. The maximum atomic E-state index is 11.1. The molecular weight excluding hydrogens is 278 g/mol. The number of hydrogen-bond donors (Lipinski definition) is 0. The van der Waals surface area contributed by atoms with Crippen LogP contribution in [0.15, 0.2) is 46.9 Å². The Labute approximate surface area is 106 Å². The summed E-state index contributed by atoms with van der Waals surface area (Å²) in [6, 6.07) is 13.7. The third kappa shape index (κ3) is 1.63. The summed E-state index contributed by atoms with van der Waals surface area (Å²) in [4.78, 5) is 15.4. The van der Waals surface area contributed by atoms with E-state index in [2.05, 4.69) is 20.9 Å². The van der Waals surface area contributed by atoms with Crippen LogP contribution in [0.5, 0.6) is 0 Å². The molecule has 2 nitrogen and oxygen atoms in total. The Morgan fingerprint density at radius 1 is 1.00 bits per heavy atom. The molecule has 3 rings (SSSR count). The van der Waals surface area contributed by atoms with Crippen LogP contribution in [0.4, 0.5) is 0 Å². The van der Waals surface area contributed by atoms with Crippen molar-refractivity contribution in [1.29, 1.82) is 0 Å². The van der Waals surface area contributed by atoms with Crippen LogP contribution in [0.1, 0.15) is 10.5 Å². The van der Waals surface area contributed by atoms with E-state index in [1.165, 1.54) is 0 Å². The molecule has 0 unspecified atom stereocenters. The predicted octanol–water partition coefficient (Wildman–Crippen LogP) is 3.96. The molecular formula is C14H8BrNO. The van der Waals surface area contributed by atoms with E-state index in [0.717, 1.165) is 32.4 Å². The van der Waals surface area contributed by atoms with Crippen LogP contribution in [0.25, 0.3) is 21.7 Å². The van der Waals surface area contributed by atoms with E-state index in [9.17, 15) is 4.79 Å². The Hall–Kier alpha value is -1.74. The zero-order valence-corrected chi connectivity index (χ0v) is 10.4. The van der Waals surface area contributed by atoms with Gasteiger partial charge in [-0.2, -0.15) is 0 Å². The van der Waals surface area contributed by atoms with E-state index < -0.39 is 0 Å². The number of fused-ring (bicyclic) bond motifs is 3. The summed E-state index contributed by atoms with van der Waals surface area (Å²) in [5, 5.41) is 3.01. The van der Waals surface area contributed by atoms with Crippen molar-refractivity contribution in [3.63, 3.8) is 0 Å². The molecule has 0 bridgehead atoms. The first-order valence-electron chi connectivity index (χ1n) is 5.23. The fourth-order valence-corrected chi connectivity index (χ4v) is 2.40. The van der Waals surface area contributed by atoms with Crippen LogP contribution in [-0.4, -0.2) is 11.3 Å². The van der Waals surface area contributed by atoms with E-state index in [-0.39, 0.29) is 0 Å². The highest BCUT2D eigenvalue weighted by Crippen LogP contribution is 2.27. The maximum Gasteiger partial charge on any atom is 0.169 e. The van der Waals surface area contributed by atoms with Gasteiger partial charge in [-0.15, -0.1) is 0 Å². The fraction of sp³-hybridized carbons (Fsp3) is 0. The van der Waals surface area contributed by atoms with Gasteiger partial charge in [0.25, 0.3) is 0 Å². The molecule has 2 aromatic carbocycles. The van der Waals surface area contributed by atoms with Crippen molar-refractivity contribution >= 4 is 43.9 Å². The van der Waals surface area contributed by atoms with E-state index >= 15 is 0 Å². The Morgan fingerprint density at radius 3 is 2.53 bits per heavy atom. The van der Waals surface area contributed by atoms with Gasteiger partial charge in [0.05, 0.1) is 5.52 Å². The molecule has 0 aliphatic rings. The van der Waals surface area contributed by atoms with Gasteiger partial charge in [0.2, 0.25) is 0 Å². The summed E-state index contributed by atoms with van der Waals surface area (Å²) in [6.45, 7) is 0. The van der Waals surface area contributed by atoms with Crippen molar-refractivity contribution < 1.29 is 4.79 Å². The van der Waals surface area contributed by atoms with E-state index in [1.807, 2.05) is 42.5 Å². The van der Waals surface area contributed by atoms with Crippen LogP contribution in [0.3, 0.4) is 0 Å². The molecule has 0 aliphatic heterocycles. The van der Waals surface area contributed by atoms with Gasteiger partial charge in [0.15, 0.2) is 6.29 Å². The van der Waals surface area contributed by atoms with Crippen LogP contribution in [0, 0.1) is 0 Å². The largest absolute Gasteiger partial charge is 0.296 e. The zero-order chi connectivity index (χ0) is 11.8. The number of aldehydes is 1. The third-order valence-electron chi connectivity index (χ3n) is 2.80. The molecule has 0 saturated carbocycles. The lowest BCUT2D eigenvalue weighted by Gasteiger charge is -2.05. The molecule has 1 heterocycles. The zero-order valence-electron chi connectivity index (χ0n) is 8.85. The van der Waals surface area contributed by atoms with Gasteiger partial charge >= 0.3 is 0 Å². The minimum Gasteiger partial charge on any atom is -0.296 e. The lowest BCUT2D eigenvalue weighted by Crippen LogP contribution is -1.91. The predicted molar refractivity (Wildman–Crippen MR) is 72.3 cm³/mol. The lowest BCUT2D eigenvalue weighted by atomic mass is 10.0. The van der Waals surface area contributed by atoms with Crippen LogP contribution >= 0.6 is 15.9 Å². The molecule has 0 amide bonds. The first kappa shape index (κ1) is 10.4. The smallest absolute Gasteiger partial charge is 0.169 e. The summed E-state index contributed by atoms with van der Waals surface area (Å²) in [5.41, 5.74) is 1.34. The highest BCUT2D eigenvalue weighted by atomic mass is 79.9. The topological polar surface area (TPSA) is 30.0 Å². The number of carbonyl (C=O) groups is 1. The summed E-state index contributed by atoms with van der Waals surface area (Å²) in [7, 11) is 0. The molecule has 0 aliphatic carbocycles. The Kier molecular flexibility index (Phi) is 2.41. The number of nitrogens with zero attached hydrogens (tertiary/aromatic N) is 1. The van der Waals surface area contributed by atoms with Crippen LogP contribution in [0.2, 0.25) is 0 Å². The Bertz CT molecular complexity index is 737. The van der Waals surface area contributed by atoms with Gasteiger partial charge in [-0.25, -0.2) is 4.98 Å². The van der Waals surface area contributed by atoms with Gasteiger partial charge < -0.3 is 0 Å². The fourth-order valence-electron chi connectivity index (χ4n) is 2.04. The summed E-state index contributed by atoms with van der Waals surface area (Å²) < 4.78 is 1.01. The highest BCUT2D eigenvalue weighted by Gasteiger charge is 2.07. The number of carbonyl (C=O) groups excluding carboxylic acids is 1. The number of hydrogen-bond acceptors (Lipinski definition) is 2. The molecule has 0 spiro atoms. The van der Waals surface area contributed by atoms with Crippen molar-refractivity contribution in [2.24, 2.45) is 0 Å². The molecule has 3 heteroatoms. The van der Waals surface area contributed by atoms with E-state index in [0.29, 0.717) is 5.69 Å². The number of halogens is 1. The molecule has 17 heavy (non-hydrogen) atoms. The van der Waals surface area contributed by atoms with E-state index in [4.69, 9.17) is 0 Å². The minimum atomic E-state index is 0.496. The number of benzene rings is 2. The quantitative estimate of drug-likeness (QED) is 0.500. The number of aromatic nitrogens is 1. The van der Waals surface area contributed by atoms with Gasteiger partial charge in [-0.3, -0.25) is 4.79 Å². The lowest BCUT2D eigenvalue weighted by molar-refractivity contribution is 0.112. The maximum absolute atomic E-state index is 11.1. The van der Waals surface area contributed by atoms with Crippen molar-refractivity contribution in [1.82, 2.24) is 4.98 Å². The standard InChI is InChI=1S/C14H8BrNO/c15-9-5-6-13-12(7-9)10-3-1-2-4-11(10)14(8-17)16-13/h1-8H. The van der Waals surface area contributed by atoms with Crippen molar-refractivity contribution in [3.8, 4) is 0 Å². The highest BCUT2D eigenvalue weighted by molar-refractivity contribution is 9.10. The minimum absolute atomic E-state index is 0.496. The molecule has 0 saturated heterocycles. The summed E-state index contributed by atoms with van der Waals surface area (Å²) in [5.74, 6) is 0. The molecule has 0 atom stereocenters. The second-order valence-electron chi connectivity index (χ2n) is 3.82. The van der Waals surface area contributed by atoms with Crippen molar-refractivity contribution in [2.45, 2.75) is 0 Å². The molecule has 0 radical (unpaired) electrons. The molecule has 0 fully saturated rings. The summed E-state index contributed by atoms with van der Waals surface area (Å²) >= 11 is 3.46. The van der Waals surface area contributed by atoms with Crippen molar-refractivity contribution in [2.75, 3.05) is 0 Å². The normalized spacial score (nSPS) is 10.9. The van der Waals surface area contributed by atoms with Gasteiger partial charge in [0, 0.05) is 15.2 Å². The van der Waals surface area contributed by atoms with Gasteiger partial charge in [-0.1, -0.05) is 40.2 Å². The van der Waals surface area contributed by atoms with Gasteiger partial charge in [0.1, 0.15) is 5.69 Å². The monoisotopic (exact) mass is 285 g/mol. The third-order valence-corrected chi connectivity index (χ3v) is 3.30. The first-order chi connectivity index (χ1) is 8.29. The number of rotatable bonds is 1. The van der Waals surface area contributed by atoms with E-state index in [1.54, 1.807) is 0 Å². The SMILES string of the molecule is O=Cc1nc2ccc(Br)cc2c2ccccc12. The average molecular weight is 286 g/mol. The first-order valence-corrected chi connectivity index (χ1v) is 6.02.